The van der Waals surface area contributed by atoms with Crippen molar-refractivity contribution in [1.82, 2.24) is 25.9 Å². The van der Waals surface area contributed by atoms with Crippen LogP contribution in [0.15, 0.2) is 12.5 Å². The Morgan fingerprint density at radius 1 is 1.06 bits per heavy atom. The van der Waals surface area contributed by atoms with Gasteiger partial charge in [-0.25, -0.2) is 4.98 Å². The molecule has 3 amide bonds. The fourth-order valence-corrected chi connectivity index (χ4v) is 3.06. The molecule has 1 rings (SSSR count). The minimum atomic E-state index is -1.27. The smallest absolute Gasteiger partial charge is 0.322 e. The monoisotopic (exact) mass is 472 g/mol. The van der Waals surface area contributed by atoms with Gasteiger partial charge in [0, 0.05) is 24.7 Å². The van der Waals surface area contributed by atoms with Crippen LogP contribution in [0, 0.1) is 0 Å². The first-order valence-corrected chi connectivity index (χ1v) is 11.1. The molecule has 1 heterocycles. The summed E-state index contributed by atoms with van der Waals surface area (Å²) in [6, 6.07) is -3.34. The lowest BCUT2D eigenvalue weighted by atomic mass is 10.1. The molecule has 0 aliphatic carbocycles. The quantitative estimate of drug-likeness (QED) is 0.150. The van der Waals surface area contributed by atoms with Gasteiger partial charge < -0.3 is 36.9 Å². The second-order valence-corrected chi connectivity index (χ2v) is 7.82. The van der Waals surface area contributed by atoms with Crippen molar-refractivity contribution in [3.05, 3.63) is 18.2 Å². The van der Waals surface area contributed by atoms with Gasteiger partial charge in [-0.2, -0.15) is 11.8 Å². The van der Waals surface area contributed by atoms with Crippen LogP contribution in [0.25, 0.3) is 0 Å². The van der Waals surface area contributed by atoms with Gasteiger partial charge in [-0.3, -0.25) is 24.0 Å². The number of nitrogens with two attached hydrogens (primary N) is 1. The Labute approximate surface area is 188 Å². The Morgan fingerprint density at radius 2 is 1.75 bits per heavy atom. The number of amides is 3. The highest BCUT2D eigenvalue weighted by Gasteiger charge is 2.29. The van der Waals surface area contributed by atoms with Gasteiger partial charge in [0.2, 0.25) is 17.7 Å². The number of carbonyl (C=O) groups excluding carboxylic acids is 3. The van der Waals surface area contributed by atoms with Crippen LogP contribution in [0.2, 0.25) is 0 Å². The first-order chi connectivity index (χ1) is 15.1. The van der Waals surface area contributed by atoms with E-state index in [1.807, 2.05) is 6.26 Å². The maximum absolute atomic E-state index is 12.8. The highest BCUT2D eigenvalue weighted by atomic mass is 32.2. The fourth-order valence-electron chi connectivity index (χ4n) is 2.58. The number of carboxylic acid groups (broad SMARTS) is 2. The summed E-state index contributed by atoms with van der Waals surface area (Å²) in [7, 11) is 0. The van der Waals surface area contributed by atoms with Gasteiger partial charge in [0.05, 0.1) is 12.4 Å². The molecule has 3 unspecified atom stereocenters. The van der Waals surface area contributed by atoms with Crippen molar-refractivity contribution < 1.29 is 34.2 Å². The zero-order chi connectivity index (χ0) is 24.1. The predicted molar refractivity (Wildman–Crippen MR) is 115 cm³/mol. The van der Waals surface area contributed by atoms with E-state index in [9.17, 15) is 24.0 Å². The first-order valence-electron chi connectivity index (χ1n) is 9.67. The third-order valence-electron chi connectivity index (χ3n) is 4.28. The van der Waals surface area contributed by atoms with Gasteiger partial charge >= 0.3 is 11.9 Å². The van der Waals surface area contributed by atoms with Gasteiger partial charge in [-0.05, 0) is 24.9 Å². The van der Waals surface area contributed by atoms with Crippen molar-refractivity contribution in [2.24, 2.45) is 5.73 Å². The van der Waals surface area contributed by atoms with E-state index in [-0.39, 0.29) is 12.8 Å². The number of rotatable bonds is 15. The molecular weight excluding hydrogens is 444 g/mol. The van der Waals surface area contributed by atoms with E-state index in [1.165, 1.54) is 24.3 Å². The van der Waals surface area contributed by atoms with E-state index in [4.69, 9.17) is 15.9 Å². The largest absolute Gasteiger partial charge is 0.481 e. The number of carbonyl (C=O) groups is 5. The lowest BCUT2D eigenvalue weighted by Crippen LogP contribution is -2.56. The zero-order valence-electron chi connectivity index (χ0n) is 17.5. The summed E-state index contributed by atoms with van der Waals surface area (Å²) in [6.45, 7) is -0.655. The molecule has 0 aliphatic rings. The van der Waals surface area contributed by atoms with Gasteiger partial charge in [-0.15, -0.1) is 0 Å². The molecule has 13 nitrogen and oxygen atoms in total. The van der Waals surface area contributed by atoms with Crippen molar-refractivity contribution in [2.45, 2.75) is 43.8 Å². The maximum Gasteiger partial charge on any atom is 0.322 e. The standard InChI is InChI=1S/C18H28N6O7S/c1-32-5-4-11(19)16(29)23-12(2-3-14(25)26)18(31)24-13(6-10-7-20-9-22-10)17(30)21-8-15(27)28/h7,9,11-13H,2-6,8,19H2,1H3,(H,20,22)(H,21,30)(H,23,29)(H,24,31)(H,25,26)(H,27,28). The Kier molecular flexibility index (Phi) is 11.8. The number of H-pyrrole nitrogens is 1. The summed E-state index contributed by atoms with van der Waals surface area (Å²) in [4.78, 5) is 65.9. The Hall–Kier alpha value is -3.13. The number of hydrogen-bond donors (Lipinski definition) is 7. The molecule has 8 N–H and O–H groups in total. The molecule has 0 bridgehead atoms. The van der Waals surface area contributed by atoms with E-state index in [0.29, 0.717) is 17.9 Å². The molecule has 0 aromatic carbocycles. The van der Waals surface area contributed by atoms with E-state index in [0.717, 1.165) is 0 Å². The van der Waals surface area contributed by atoms with Crippen LogP contribution in [0.1, 0.15) is 25.0 Å². The fraction of sp³-hybridized carbons (Fsp3) is 0.556. The zero-order valence-corrected chi connectivity index (χ0v) is 18.3. The van der Waals surface area contributed by atoms with Crippen molar-refractivity contribution in [1.29, 1.82) is 0 Å². The third-order valence-corrected chi connectivity index (χ3v) is 4.92. The van der Waals surface area contributed by atoms with Crippen LogP contribution >= 0.6 is 11.8 Å². The minimum absolute atomic E-state index is 0.0377. The van der Waals surface area contributed by atoms with Gasteiger partial charge in [-0.1, -0.05) is 0 Å². The number of aromatic amines is 1. The maximum atomic E-state index is 12.8. The molecule has 14 heteroatoms. The number of imidazole rings is 1. The number of thioether (sulfide) groups is 1. The van der Waals surface area contributed by atoms with Crippen molar-refractivity contribution in [3.8, 4) is 0 Å². The number of nitrogens with one attached hydrogen (secondary N) is 4. The molecule has 0 radical (unpaired) electrons. The molecule has 0 fully saturated rings. The summed E-state index contributed by atoms with van der Waals surface area (Å²) < 4.78 is 0. The summed E-state index contributed by atoms with van der Waals surface area (Å²) in [5.41, 5.74) is 6.30. The number of nitrogens with zero attached hydrogens (tertiary/aromatic N) is 1. The first kappa shape index (κ1) is 26.9. The molecule has 0 saturated heterocycles. The molecule has 0 aliphatic heterocycles. The second-order valence-electron chi connectivity index (χ2n) is 6.84. The third kappa shape index (κ3) is 10.3. The molecule has 1 aromatic rings. The van der Waals surface area contributed by atoms with E-state index < -0.39 is 60.8 Å². The normalized spacial score (nSPS) is 13.4. The average Bonchev–Trinajstić information content (AvgIpc) is 3.25. The predicted octanol–water partition coefficient (Wildman–Crippen LogP) is -1.93. The van der Waals surface area contributed by atoms with Crippen LogP contribution in [-0.2, 0) is 30.4 Å². The van der Waals surface area contributed by atoms with Crippen molar-refractivity contribution in [3.63, 3.8) is 0 Å². The molecule has 3 atom stereocenters. The van der Waals surface area contributed by atoms with Crippen molar-refractivity contribution in [2.75, 3.05) is 18.6 Å². The summed E-state index contributed by atoms with van der Waals surface area (Å²) >= 11 is 1.50. The molecule has 0 spiro atoms. The van der Waals surface area contributed by atoms with Crippen LogP contribution in [0.3, 0.4) is 0 Å². The summed E-state index contributed by atoms with van der Waals surface area (Å²) in [6.07, 6.45) is 4.34. The van der Waals surface area contributed by atoms with Gasteiger partial charge in [0.15, 0.2) is 0 Å². The van der Waals surface area contributed by atoms with E-state index >= 15 is 0 Å². The van der Waals surface area contributed by atoms with Gasteiger partial charge in [0.1, 0.15) is 18.6 Å². The summed E-state index contributed by atoms with van der Waals surface area (Å²) in [5, 5.41) is 24.8. The number of carboxylic acids is 2. The Balaban J connectivity index is 2.93. The lowest BCUT2D eigenvalue weighted by molar-refractivity contribution is -0.138. The molecule has 0 saturated carbocycles. The van der Waals surface area contributed by atoms with E-state index in [2.05, 4.69) is 25.9 Å². The number of aromatic nitrogens is 2. The van der Waals surface area contributed by atoms with Crippen LogP contribution in [0.5, 0.6) is 0 Å². The van der Waals surface area contributed by atoms with E-state index in [1.54, 1.807) is 0 Å². The van der Waals surface area contributed by atoms with Crippen LogP contribution in [-0.4, -0.2) is 86.5 Å². The minimum Gasteiger partial charge on any atom is -0.481 e. The molecule has 178 valence electrons. The molecular formula is C18H28N6O7S. The van der Waals surface area contributed by atoms with Crippen LogP contribution in [0.4, 0.5) is 0 Å². The molecule has 1 aromatic heterocycles. The highest BCUT2D eigenvalue weighted by molar-refractivity contribution is 7.98. The Morgan fingerprint density at radius 3 is 2.31 bits per heavy atom. The lowest BCUT2D eigenvalue weighted by Gasteiger charge is -2.23. The van der Waals surface area contributed by atoms with Crippen molar-refractivity contribution >= 4 is 41.4 Å². The van der Waals surface area contributed by atoms with Crippen LogP contribution < -0.4 is 21.7 Å². The van der Waals surface area contributed by atoms with Gasteiger partial charge in [0.25, 0.3) is 0 Å². The Bertz CT molecular complexity index is 789. The second kappa shape index (κ2) is 14.0. The SMILES string of the molecule is CSCCC(N)C(=O)NC(CCC(=O)O)C(=O)NC(Cc1cnc[nH]1)C(=O)NCC(=O)O. The summed E-state index contributed by atoms with van der Waals surface area (Å²) in [5.74, 6) is -4.00. The number of hydrogen-bond acceptors (Lipinski definition) is 8. The molecule has 32 heavy (non-hydrogen) atoms. The average molecular weight is 473 g/mol. The topological polar surface area (TPSA) is 217 Å². The highest BCUT2D eigenvalue weighted by Crippen LogP contribution is 2.05. The number of aliphatic carboxylic acids is 2.